The number of hydrogen-bond acceptors (Lipinski definition) is 7. The van der Waals surface area contributed by atoms with Crippen molar-refractivity contribution >= 4 is 29.3 Å². The van der Waals surface area contributed by atoms with Gasteiger partial charge in [-0.2, -0.15) is 0 Å². The van der Waals surface area contributed by atoms with E-state index in [1.165, 1.54) is 31.0 Å². The Morgan fingerprint density at radius 2 is 1.62 bits per heavy atom. The maximum Gasteiger partial charge on any atom is 0.534 e. The third kappa shape index (κ3) is 4.82. The van der Waals surface area contributed by atoms with Crippen molar-refractivity contribution in [2.24, 2.45) is 5.16 Å². The fourth-order valence-electron chi connectivity index (χ4n) is 1.73. The van der Waals surface area contributed by atoms with Crippen molar-refractivity contribution in [2.45, 2.75) is 16.7 Å². The quantitative estimate of drug-likeness (QED) is 0.264. The number of nitro groups is 1. The van der Waals surface area contributed by atoms with E-state index < -0.39 is 11.1 Å². The van der Waals surface area contributed by atoms with Gasteiger partial charge in [0.25, 0.3) is 5.69 Å². The minimum absolute atomic E-state index is 0.0622. The van der Waals surface area contributed by atoms with Crippen LogP contribution in [0.4, 0.5) is 10.5 Å². The number of carbonyl (C=O) groups excluding carboxylic acids is 1. The molecule has 2 aromatic rings. The Kier molecular flexibility index (Phi) is 5.91. The Balaban J connectivity index is 2.03. The van der Waals surface area contributed by atoms with Crippen molar-refractivity contribution in [1.29, 1.82) is 0 Å². The molecule has 0 aliphatic carbocycles. The third-order valence-corrected chi connectivity index (χ3v) is 3.99. The van der Waals surface area contributed by atoms with Gasteiger partial charge in [0.05, 0.1) is 17.7 Å². The molecule has 24 heavy (non-hydrogen) atoms. The number of nitrogens with zero attached hydrogens (tertiary/aromatic N) is 2. The summed E-state index contributed by atoms with van der Waals surface area (Å²) < 4.78 is 4.33. The van der Waals surface area contributed by atoms with Gasteiger partial charge in [-0.1, -0.05) is 29.1 Å². The first-order valence-electron chi connectivity index (χ1n) is 6.82. The molecular formula is C16H14N2O5S. The van der Waals surface area contributed by atoms with Gasteiger partial charge in [0.2, 0.25) is 0 Å². The number of oxime groups is 1. The van der Waals surface area contributed by atoms with Gasteiger partial charge < -0.3 is 4.74 Å². The molecule has 0 spiro atoms. The SMILES string of the molecule is COC(=O)ON=C(C)c1ccc(Sc2ccc([N+](=O)[O-])cc2)cc1. The summed E-state index contributed by atoms with van der Waals surface area (Å²) in [5.41, 5.74) is 1.39. The Labute approximate surface area is 142 Å². The van der Waals surface area contributed by atoms with Crippen molar-refractivity contribution in [3.8, 4) is 0 Å². The van der Waals surface area contributed by atoms with Crippen LogP contribution in [0, 0.1) is 10.1 Å². The molecule has 0 unspecified atom stereocenters. The minimum atomic E-state index is -0.875. The molecule has 0 aliphatic heterocycles. The van der Waals surface area contributed by atoms with Gasteiger partial charge in [0.15, 0.2) is 0 Å². The third-order valence-electron chi connectivity index (χ3n) is 2.98. The highest BCUT2D eigenvalue weighted by molar-refractivity contribution is 7.99. The minimum Gasteiger partial charge on any atom is -0.436 e. The van der Waals surface area contributed by atoms with Crippen LogP contribution in [0.2, 0.25) is 0 Å². The van der Waals surface area contributed by atoms with Crippen LogP contribution in [0.3, 0.4) is 0 Å². The second kappa shape index (κ2) is 8.11. The first-order chi connectivity index (χ1) is 11.5. The summed E-state index contributed by atoms with van der Waals surface area (Å²) in [7, 11) is 1.21. The molecule has 0 heterocycles. The fourth-order valence-corrected chi connectivity index (χ4v) is 2.55. The largest absolute Gasteiger partial charge is 0.534 e. The number of benzene rings is 2. The average Bonchev–Trinajstić information content (AvgIpc) is 2.60. The van der Waals surface area contributed by atoms with E-state index in [1.807, 2.05) is 24.3 Å². The summed E-state index contributed by atoms with van der Waals surface area (Å²) in [5.74, 6) is 0. The molecule has 0 atom stereocenters. The van der Waals surface area contributed by atoms with Crippen LogP contribution in [0.15, 0.2) is 63.5 Å². The molecule has 0 N–H and O–H groups in total. The standard InChI is InChI=1S/C16H14N2O5S/c1-11(17-23-16(19)22-2)12-3-7-14(8-4-12)24-15-9-5-13(6-10-15)18(20)21/h3-10H,1-2H3. The van der Waals surface area contributed by atoms with Gasteiger partial charge in [-0.15, -0.1) is 0 Å². The van der Waals surface area contributed by atoms with Crippen LogP contribution in [-0.2, 0) is 9.57 Å². The molecule has 2 aromatic carbocycles. The summed E-state index contributed by atoms with van der Waals surface area (Å²) in [4.78, 5) is 27.5. The van der Waals surface area contributed by atoms with Gasteiger partial charge in [-0.05, 0) is 36.8 Å². The predicted molar refractivity (Wildman–Crippen MR) is 89.4 cm³/mol. The summed E-state index contributed by atoms with van der Waals surface area (Å²) in [5, 5.41) is 14.3. The van der Waals surface area contributed by atoms with Gasteiger partial charge in [0.1, 0.15) is 0 Å². The van der Waals surface area contributed by atoms with E-state index in [4.69, 9.17) is 0 Å². The molecule has 0 aliphatic rings. The van der Waals surface area contributed by atoms with Crippen molar-refractivity contribution in [2.75, 3.05) is 7.11 Å². The Morgan fingerprint density at radius 3 is 2.12 bits per heavy atom. The van der Waals surface area contributed by atoms with Gasteiger partial charge in [0, 0.05) is 21.9 Å². The zero-order valence-corrected chi connectivity index (χ0v) is 13.8. The van der Waals surface area contributed by atoms with E-state index in [0.29, 0.717) is 5.71 Å². The van der Waals surface area contributed by atoms with Crippen LogP contribution in [-0.4, -0.2) is 23.9 Å². The molecule has 124 valence electrons. The van der Waals surface area contributed by atoms with E-state index in [1.54, 1.807) is 19.1 Å². The van der Waals surface area contributed by atoms with E-state index >= 15 is 0 Å². The Morgan fingerprint density at radius 1 is 1.08 bits per heavy atom. The van der Waals surface area contributed by atoms with Crippen LogP contribution in [0.25, 0.3) is 0 Å². The summed E-state index contributed by atoms with van der Waals surface area (Å²) in [6.07, 6.45) is -0.875. The summed E-state index contributed by atoms with van der Waals surface area (Å²) in [6, 6.07) is 13.8. The lowest BCUT2D eigenvalue weighted by atomic mass is 10.1. The Hall–Kier alpha value is -2.87. The van der Waals surface area contributed by atoms with Crippen molar-refractivity contribution in [1.82, 2.24) is 0 Å². The number of nitro benzene ring substituents is 1. The summed E-state index contributed by atoms with van der Waals surface area (Å²) in [6.45, 7) is 1.71. The van der Waals surface area contributed by atoms with Crippen LogP contribution in [0.1, 0.15) is 12.5 Å². The second-order valence-corrected chi connectivity index (χ2v) is 5.75. The monoisotopic (exact) mass is 346 g/mol. The highest BCUT2D eigenvalue weighted by Gasteiger charge is 2.06. The number of hydrogen-bond donors (Lipinski definition) is 0. The molecular weight excluding hydrogens is 332 g/mol. The number of non-ortho nitro benzene ring substituents is 1. The zero-order valence-electron chi connectivity index (χ0n) is 13.0. The first-order valence-corrected chi connectivity index (χ1v) is 7.63. The summed E-state index contributed by atoms with van der Waals surface area (Å²) >= 11 is 1.48. The van der Waals surface area contributed by atoms with Crippen LogP contribution < -0.4 is 0 Å². The molecule has 0 saturated heterocycles. The van der Waals surface area contributed by atoms with E-state index in [2.05, 4.69) is 14.7 Å². The average molecular weight is 346 g/mol. The molecule has 2 rings (SSSR count). The smallest absolute Gasteiger partial charge is 0.436 e. The van der Waals surface area contributed by atoms with Crippen LogP contribution in [0.5, 0.6) is 0 Å². The lowest BCUT2D eigenvalue weighted by molar-refractivity contribution is -0.384. The maximum absolute atomic E-state index is 10.9. The maximum atomic E-state index is 10.9. The molecule has 8 heteroatoms. The van der Waals surface area contributed by atoms with Gasteiger partial charge in [-0.25, -0.2) is 4.79 Å². The van der Waals surface area contributed by atoms with E-state index in [0.717, 1.165) is 15.4 Å². The molecule has 0 saturated carbocycles. The zero-order chi connectivity index (χ0) is 17.5. The lowest BCUT2D eigenvalue weighted by Gasteiger charge is -2.04. The van der Waals surface area contributed by atoms with E-state index in [-0.39, 0.29) is 5.69 Å². The van der Waals surface area contributed by atoms with Gasteiger partial charge >= 0.3 is 6.16 Å². The molecule has 0 fully saturated rings. The number of rotatable bonds is 5. The van der Waals surface area contributed by atoms with Crippen LogP contribution >= 0.6 is 11.8 Å². The number of methoxy groups -OCH3 is 1. The molecule has 0 bridgehead atoms. The number of ether oxygens (including phenoxy) is 1. The first kappa shape index (κ1) is 17.5. The molecule has 0 radical (unpaired) electrons. The second-order valence-electron chi connectivity index (χ2n) is 4.60. The predicted octanol–water partition coefficient (Wildman–Crippen LogP) is 4.25. The molecule has 7 nitrogen and oxygen atoms in total. The van der Waals surface area contributed by atoms with E-state index in [9.17, 15) is 14.9 Å². The molecule has 0 aromatic heterocycles. The highest BCUT2D eigenvalue weighted by Crippen LogP contribution is 2.29. The normalized spacial score (nSPS) is 11.0. The topological polar surface area (TPSA) is 91.0 Å². The molecule has 0 amide bonds. The van der Waals surface area contributed by atoms with Gasteiger partial charge in [-0.3, -0.25) is 15.0 Å². The lowest BCUT2D eigenvalue weighted by Crippen LogP contribution is -2.02. The number of carbonyl (C=O) groups is 1. The fraction of sp³-hybridized carbons (Fsp3) is 0.125. The Bertz CT molecular complexity index is 757. The van der Waals surface area contributed by atoms with Crippen molar-refractivity contribution in [3.05, 3.63) is 64.2 Å². The highest BCUT2D eigenvalue weighted by atomic mass is 32.2. The van der Waals surface area contributed by atoms with Crippen molar-refractivity contribution in [3.63, 3.8) is 0 Å². The van der Waals surface area contributed by atoms with Crippen molar-refractivity contribution < 1.29 is 19.3 Å².